The molecule has 3 heteroatoms. The molecule has 2 aromatic rings. The lowest BCUT2D eigenvalue weighted by atomic mass is 10.1. The number of rotatable bonds is 6. The monoisotopic (exact) mass is 244 g/mol. The van der Waals surface area contributed by atoms with Crippen LogP contribution < -0.4 is 5.32 Å². The fourth-order valence-electron chi connectivity index (χ4n) is 2.12. The Kier molecular flexibility index (Phi) is 4.56. The minimum Gasteiger partial charge on any atom is -0.472 e. The average Bonchev–Trinajstić information content (AvgIpc) is 2.84. The van der Waals surface area contributed by atoms with Crippen molar-refractivity contribution in [1.29, 1.82) is 0 Å². The molecule has 0 aliphatic heterocycles. The van der Waals surface area contributed by atoms with Crippen molar-refractivity contribution in [2.75, 3.05) is 14.1 Å². The molecule has 1 aromatic heterocycles. The van der Waals surface area contributed by atoms with Crippen molar-refractivity contribution in [1.82, 2.24) is 10.2 Å². The number of hydrogen-bond acceptors (Lipinski definition) is 3. The van der Waals surface area contributed by atoms with E-state index in [4.69, 9.17) is 4.42 Å². The van der Waals surface area contributed by atoms with Crippen molar-refractivity contribution in [3.63, 3.8) is 0 Å². The second kappa shape index (κ2) is 6.38. The molecule has 0 aliphatic carbocycles. The van der Waals surface area contributed by atoms with Gasteiger partial charge in [-0.1, -0.05) is 24.3 Å². The van der Waals surface area contributed by atoms with E-state index in [2.05, 4.69) is 41.5 Å². The van der Waals surface area contributed by atoms with E-state index in [1.807, 2.05) is 13.1 Å². The molecule has 96 valence electrons. The third-order valence-electron chi connectivity index (χ3n) is 2.96. The Hall–Kier alpha value is -1.58. The Labute approximate surface area is 108 Å². The van der Waals surface area contributed by atoms with Crippen molar-refractivity contribution in [3.8, 4) is 0 Å². The molecule has 0 saturated carbocycles. The molecular formula is C15H20N2O. The lowest BCUT2D eigenvalue weighted by Gasteiger charge is -2.18. The molecule has 0 radical (unpaired) electrons. The van der Waals surface area contributed by atoms with Crippen LogP contribution in [0.15, 0.2) is 47.3 Å². The van der Waals surface area contributed by atoms with Gasteiger partial charge in [0, 0.05) is 25.2 Å². The first-order valence-corrected chi connectivity index (χ1v) is 6.20. The normalized spacial score (nSPS) is 11.1. The fraction of sp³-hybridized carbons (Fsp3) is 0.333. The van der Waals surface area contributed by atoms with E-state index in [0.29, 0.717) is 0 Å². The minimum absolute atomic E-state index is 0.907. The summed E-state index contributed by atoms with van der Waals surface area (Å²) in [6, 6.07) is 10.6. The van der Waals surface area contributed by atoms with Crippen LogP contribution in [0.5, 0.6) is 0 Å². The van der Waals surface area contributed by atoms with Gasteiger partial charge in [-0.05, 0) is 31.3 Å². The molecule has 0 fully saturated rings. The first-order chi connectivity index (χ1) is 8.79. The zero-order valence-corrected chi connectivity index (χ0v) is 11.0. The second-order valence-corrected chi connectivity index (χ2v) is 4.60. The number of furan rings is 1. The Bertz CT molecular complexity index is 465. The smallest absolute Gasteiger partial charge is 0.0947 e. The summed E-state index contributed by atoms with van der Waals surface area (Å²) < 4.78 is 5.09. The lowest BCUT2D eigenvalue weighted by Crippen LogP contribution is -2.19. The van der Waals surface area contributed by atoms with Gasteiger partial charge in [0.1, 0.15) is 0 Å². The van der Waals surface area contributed by atoms with E-state index in [0.717, 1.165) is 19.6 Å². The van der Waals surface area contributed by atoms with Crippen LogP contribution in [-0.2, 0) is 19.6 Å². The predicted octanol–water partition coefficient (Wildman–Crippen LogP) is 2.63. The van der Waals surface area contributed by atoms with E-state index in [1.165, 1.54) is 16.7 Å². The van der Waals surface area contributed by atoms with Crippen molar-refractivity contribution >= 4 is 0 Å². The van der Waals surface area contributed by atoms with Crippen LogP contribution in [0.2, 0.25) is 0 Å². The maximum atomic E-state index is 5.09. The van der Waals surface area contributed by atoms with Gasteiger partial charge >= 0.3 is 0 Å². The molecule has 0 bridgehead atoms. The highest BCUT2D eigenvalue weighted by molar-refractivity contribution is 5.27. The van der Waals surface area contributed by atoms with Crippen molar-refractivity contribution in [3.05, 3.63) is 59.5 Å². The predicted molar refractivity (Wildman–Crippen MR) is 73.1 cm³/mol. The van der Waals surface area contributed by atoms with Crippen LogP contribution >= 0.6 is 0 Å². The van der Waals surface area contributed by atoms with Crippen LogP contribution in [0.1, 0.15) is 16.7 Å². The summed E-state index contributed by atoms with van der Waals surface area (Å²) in [7, 11) is 4.11. The molecule has 0 unspecified atom stereocenters. The van der Waals surface area contributed by atoms with Crippen LogP contribution in [-0.4, -0.2) is 19.0 Å². The van der Waals surface area contributed by atoms with E-state index < -0.39 is 0 Å². The van der Waals surface area contributed by atoms with Crippen molar-refractivity contribution in [2.24, 2.45) is 0 Å². The molecule has 1 aromatic carbocycles. The second-order valence-electron chi connectivity index (χ2n) is 4.60. The Balaban J connectivity index is 2.00. The SMILES string of the molecule is CNCc1ccccc1CN(C)Cc1ccoc1. The zero-order valence-electron chi connectivity index (χ0n) is 11.0. The van der Waals surface area contributed by atoms with E-state index in [-0.39, 0.29) is 0 Å². The highest BCUT2D eigenvalue weighted by Crippen LogP contribution is 2.13. The molecule has 3 nitrogen and oxygen atoms in total. The summed E-state index contributed by atoms with van der Waals surface area (Å²) in [6.07, 6.45) is 3.52. The van der Waals surface area contributed by atoms with Gasteiger partial charge in [-0.2, -0.15) is 0 Å². The summed E-state index contributed by atoms with van der Waals surface area (Å²) >= 11 is 0. The molecule has 2 rings (SSSR count). The molecule has 1 N–H and O–H groups in total. The summed E-state index contributed by atoms with van der Waals surface area (Å²) in [6.45, 7) is 2.77. The van der Waals surface area contributed by atoms with E-state index >= 15 is 0 Å². The molecule has 0 saturated heterocycles. The first kappa shape index (κ1) is 12.9. The van der Waals surface area contributed by atoms with E-state index in [9.17, 15) is 0 Å². The molecular weight excluding hydrogens is 224 g/mol. The van der Waals surface area contributed by atoms with Gasteiger partial charge < -0.3 is 9.73 Å². The molecule has 18 heavy (non-hydrogen) atoms. The van der Waals surface area contributed by atoms with Crippen molar-refractivity contribution in [2.45, 2.75) is 19.6 Å². The van der Waals surface area contributed by atoms with Crippen LogP contribution in [0.25, 0.3) is 0 Å². The summed E-state index contributed by atoms with van der Waals surface area (Å²) in [5.41, 5.74) is 3.94. The Morgan fingerprint density at radius 3 is 2.56 bits per heavy atom. The van der Waals surface area contributed by atoms with Crippen LogP contribution in [0.4, 0.5) is 0 Å². The molecule has 0 atom stereocenters. The average molecular weight is 244 g/mol. The van der Waals surface area contributed by atoms with Gasteiger partial charge in [-0.3, -0.25) is 4.90 Å². The molecule has 0 amide bonds. The first-order valence-electron chi connectivity index (χ1n) is 6.20. The zero-order chi connectivity index (χ0) is 12.8. The fourth-order valence-corrected chi connectivity index (χ4v) is 2.12. The van der Waals surface area contributed by atoms with Gasteiger partial charge in [0.25, 0.3) is 0 Å². The minimum atomic E-state index is 0.907. The number of nitrogens with one attached hydrogen (secondary N) is 1. The number of nitrogens with zero attached hydrogens (tertiary/aromatic N) is 1. The summed E-state index contributed by atoms with van der Waals surface area (Å²) in [5, 5.41) is 3.21. The lowest BCUT2D eigenvalue weighted by molar-refractivity contribution is 0.316. The summed E-state index contributed by atoms with van der Waals surface area (Å²) in [5.74, 6) is 0. The third kappa shape index (κ3) is 3.45. The Morgan fingerprint density at radius 1 is 1.11 bits per heavy atom. The third-order valence-corrected chi connectivity index (χ3v) is 2.96. The topological polar surface area (TPSA) is 28.4 Å². The van der Waals surface area contributed by atoms with Gasteiger partial charge in [0.05, 0.1) is 12.5 Å². The Morgan fingerprint density at radius 2 is 1.89 bits per heavy atom. The highest BCUT2D eigenvalue weighted by Gasteiger charge is 2.06. The van der Waals surface area contributed by atoms with Gasteiger partial charge in [0.2, 0.25) is 0 Å². The standard InChI is InChI=1S/C15H20N2O/c1-16-9-14-5-3-4-6-15(14)11-17(2)10-13-7-8-18-12-13/h3-8,12,16H,9-11H2,1-2H3. The van der Waals surface area contributed by atoms with Gasteiger partial charge in [-0.25, -0.2) is 0 Å². The molecule has 0 spiro atoms. The largest absolute Gasteiger partial charge is 0.472 e. The number of benzene rings is 1. The van der Waals surface area contributed by atoms with Gasteiger partial charge in [0.15, 0.2) is 0 Å². The van der Waals surface area contributed by atoms with E-state index in [1.54, 1.807) is 12.5 Å². The quantitative estimate of drug-likeness (QED) is 0.846. The molecule has 1 heterocycles. The summed E-state index contributed by atoms with van der Waals surface area (Å²) in [4.78, 5) is 2.29. The van der Waals surface area contributed by atoms with Crippen LogP contribution in [0.3, 0.4) is 0 Å². The van der Waals surface area contributed by atoms with Gasteiger partial charge in [-0.15, -0.1) is 0 Å². The molecule has 0 aliphatic rings. The number of hydrogen-bond donors (Lipinski definition) is 1. The van der Waals surface area contributed by atoms with Crippen LogP contribution in [0, 0.1) is 0 Å². The maximum absolute atomic E-state index is 5.09. The highest BCUT2D eigenvalue weighted by atomic mass is 16.3. The van der Waals surface area contributed by atoms with Crippen molar-refractivity contribution < 1.29 is 4.42 Å². The maximum Gasteiger partial charge on any atom is 0.0947 e.